The van der Waals surface area contributed by atoms with Gasteiger partial charge in [0.05, 0.1) is 5.69 Å². The Balaban J connectivity index is 2.04. The van der Waals surface area contributed by atoms with Crippen LogP contribution in [-0.4, -0.2) is 17.0 Å². The number of rotatable bonds is 5. The van der Waals surface area contributed by atoms with Gasteiger partial charge in [0.25, 0.3) is 5.91 Å². The van der Waals surface area contributed by atoms with Crippen LogP contribution in [0.1, 0.15) is 13.3 Å². The number of ether oxygens (including phenoxy) is 1. The van der Waals surface area contributed by atoms with Gasteiger partial charge in [-0.15, -0.1) is 0 Å². The molecular formula is C15H15ClN2O2. The molecule has 0 unspecified atom stereocenters. The second-order valence-electron chi connectivity index (χ2n) is 4.16. The molecule has 0 saturated carbocycles. The van der Waals surface area contributed by atoms with E-state index < -0.39 is 6.10 Å². The van der Waals surface area contributed by atoms with Gasteiger partial charge in [0.2, 0.25) is 0 Å². The molecule has 1 atom stereocenters. The minimum Gasteiger partial charge on any atom is -0.481 e. The molecule has 4 nitrogen and oxygen atoms in total. The van der Waals surface area contributed by atoms with Crippen molar-refractivity contribution in [2.45, 2.75) is 19.4 Å². The average molecular weight is 291 g/mol. The normalized spacial score (nSPS) is 11.7. The van der Waals surface area contributed by atoms with Crippen molar-refractivity contribution in [3.8, 4) is 5.75 Å². The summed E-state index contributed by atoms with van der Waals surface area (Å²) in [6, 6.07) is 12.6. The van der Waals surface area contributed by atoms with Gasteiger partial charge < -0.3 is 10.1 Å². The van der Waals surface area contributed by atoms with Crippen molar-refractivity contribution in [3.05, 3.63) is 53.8 Å². The second-order valence-corrected chi connectivity index (χ2v) is 4.52. The smallest absolute Gasteiger partial charge is 0.265 e. The number of benzene rings is 1. The van der Waals surface area contributed by atoms with Gasteiger partial charge in [-0.25, -0.2) is 4.98 Å². The lowest BCUT2D eigenvalue weighted by Crippen LogP contribution is -2.32. The third-order valence-corrected chi connectivity index (χ3v) is 3.00. The van der Waals surface area contributed by atoms with Crippen LogP contribution >= 0.6 is 11.6 Å². The van der Waals surface area contributed by atoms with Gasteiger partial charge in [0, 0.05) is 6.20 Å². The minimum atomic E-state index is -0.575. The molecule has 0 aliphatic rings. The highest BCUT2D eigenvalue weighted by molar-refractivity contribution is 6.32. The number of carbonyl (C=O) groups excluding carboxylic acids is 1. The lowest BCUT2D eigenvalue weighted by molar-refractivity contribution is -0.122. The summed E-state index contributed by atoms with van der Waals surface area (Å²) < 4.78 is 5.66. The molecule has 0 spiro atoms. The first-order chi connectivity index (χ1) is 9.70. The predicted octanol–water partition coefficient (Wildman–Crippen LogP) is 3.53. The monoisotopic (exact) mass is 290 g/mol. The maximum Gasteiger partial charge on any atom is 0.265 e. The van der Waals surface area contributed by atoms with E-state index in [2.05, 4.69) is 10.3 Å². The molecular weight excluding hydrogens is 276 g/mol. The van der Waals surface area contributed by atoms with Gasteiger partial charge in [-0.1, -0.05) is 36.7 Å². The number of hydrogen-bond acceptors (Lipinski definition) is 3. The molecule has 5 heteroatoms. The fraction of sp³-hybridized carbons (Fsp3) is 0.200. The highest BCUT2D eigenvalue weighted by Crippen LogP contribution is 2.19. The zero-order valence-corrected chi connectivity index (χ0v) is 11.8. The third-order valence-electron chi connectivity index (χ3n) is 2.70. The number of amides is 1. The fourth-order valence-electron chi connectivity index (χ4n) is 1.68. The quantitative estimate of drug-likeness (QED) is 0.857. The van der Waals surface area contributed by atoms with Gasteiger partial charge in [-0.2, -0.15) is 0 Å². The van der Waals surface area contributed by atoms with Crippen LogP contribution in [0, 0.1) is 0 Å². The Morgan fingerprint density at radius 3 is 2.70 bits per heavy atom. The minimum absolute atomic E-state index is 0.244. The van der Waals surface area contributed by atoms with E-state index in [4.69, 9.17) is 16.3 Å². The van der Waals surface area contributed by atoms with Crippen molar-refractivity contribution in [2.24, 2.45) is 0 Å². The highest BCUT2D eigenvalue weighted by atomic mass is 35.5. The number of carbonyl (C=O) groups is 1. The molecule has 0 aliphatic heterocycles. The molecule has 1 amide bonds. The molecule has 1 N–H and O–H groups in total. The van der Waals surface area contributed by atoms with Crippen LogP contribution in [0.5, 0.6) is 5.75 Å². The first-order valence-corrected chi connectivity index (χ1v) is 6.71. The van der Waals surface area contributed by atoms with Gasteiger partial charge >= 0.3 is 0 Å². The number of pyridine rings is 1. The van der Waals surface area contributed by atoms with E-state index in [-0.39, 0.29) is 11.1 Å². The molecule has 0 bridgehead atoms. The predicted molar refractivity (Wildman–Crippen MR) is 79.0 cm³/mol. The molecule has 0 radical (unpaired) electrons. The summed E-state index contributed by atoms with van der Waals surface area (Å²) in [7, 11) is 0. The Morgan fingerprint density at radius 2 is 2.05 bits per heavy atom. The molecule has 0 saturated heterocycles. The molecule has 1 aromatic heterocycles. The van der Waals surface area contributed by atoms with E-state index in [0.717, 1.165) is 0 Å². The van der Waals surface area contributed by atoms with Crippen LogP contribution in [0.2, 0.25) is 5.15 Å². The Bertz CT molecular complexity index is 575. The standard InChI is InChI=1S/C15H15ClN2O2/c1-2-13(20-11-7-4-3-5-8-11)15(19)18-12-9-6-10-17-14(12)16/h3-10,13H,2H2,1H3,(H,18,19)/t13-/m0/s1. The van der Waals surface area contributed by atoms with Crippen LogP contribution in [0.25, 0.3) is 0 Å². The number of anilines is 1. The third kappa shape index (κ3) is 3.71. The van der Waals surface area contributed by atoms with E-state index in [9.17, 15) is 4.79 Å². The summed E-state index contributed by atoms with van der Waals surface area (Å²) >= 11 is 5.91. The summed E-state index contributed by atoms with van der Waals surface area (Å²) in [5, 5.41) is 2.98. The highest BCUT2D eigenvalue weighted by Gasteiger charge is 2.19. The van der Waals surface area contributed by atoms with Gasteiger partial charge in [-0.05, 0) is 30.7 Å². The Labute approximate surface area is 122 Å². The van der Waals surface area contributed by atoms with E-state index >= 15 is 0 Å². The maximum atomic E-state index is 12.2. The zero-order valence-electron chi connectivity index (χ0n) is 11.0. The van der Waals surface area contributed by atoms with Crippen LogP contribution in [0.15, 0.2) is 48.7 Å². The summed E-state index contributed by atoms with van der Waals surface area (Å²) in [6.07, 6.45) is 1.54. The fourth-order valence-corrected chi connectivity index (χ4v) is 1.84. The van der Waals surface area contributed by atoms with E-state index in [1.165, 1.54) is 0 Å². The molecule has 20 heavy (non-hydrogen) atoms. The first kappa shape index (κ1) is 14.3. The second kappa shape index (κ2) is 6.91. The van der Waals surface area contributed by atoms with E-state index in [0.29, 0.717) is 17.9 Å². The number of aromatic nitrogens is 1. The molecule has 0 fully saturated rings. The van der Waals surface area contributed by atoms with E-state index in [1.807, 2.05) is 37.3 Å². The Kier molecular flexibility index (Phi) is 4.96. The maximum absolute atomic E-state index is 12.2. The molecule has 1 aromatic carbocycles. The van der Waals surface area contributed by atoms with Crippen molar-refractivity contribution in [2.75, 3.05) is 5.32 Å². The molecule has 104 valence electrons. The average Bonchev–Trinajstić information content (AvgIpc) is 2.48. The van der Waals surface area contributed by atoms with Crippen LogP contribution < -0.4 is 10.1 Å². The molecule has 2 rings (SSSR count). The number of nitrogens with one attached hydrogen (secondary N) is 1. The lowest BCUT2D eigenvalue weighted by atomic mass is 10.2. The largest absolute Gasteiger partial charge is 0.481 e. The molecule has 1 heterocycles. The Hall–Kier alpha value is -2.07. The van der Waals surface area contributed by atoms with Crippen molar-refractivity contribution < 1.29 is 9.53 Å². The van der Waals surface area contributed by atoms with Crippen LogP contribution in [0.3, 0.4) is 0 Å². The number of nitrogens with zero attached hydrogens (tertiary/aromatic N) is 1. The summed E-state index contributed by atoms with van der Waals surface area (Å²) in [6.45, 7) is 1.89. The number of halogens is 1. The van der Waals surface area contributed by atoms with Gasteiger partial charge in [0.1, 0.15) is 5.75 Å². The SMILES string of the molecule is CC[C@H](Oc1ccccc1)C(=O)Nc1cccnc1Cl. The zero-order chi connectivity index (χ0) is 14.4. The topological polar surface area (TPSA) is 51.2 Å². The van der Waals surface area contributed by atoms with Crippen molar-refractivity contribution in [1.82, 2.24) is 4.98 Å². The van der Waals surface area contributed by atoms with Crippen LogP contribution in [0.4, 0.5) is 5.69 Å². The van der Waals surface area contributed by atoms with E-state index in [1.54, 1.807) is 18.3 Å². The molecule has 2 aromatic rings. The van der Waals surface area contributed by atoms with Crippen molar-refractivity contribution in [3.63, 3.8) is 0 Å². The van der Waals surface area contributed by atoms with Crippen molar-refractivity contribution >= 4 is 23.2 Å². The lowest BCUT2D eigenvalue weighted by Gasteiger charge is -2.17. The summed E-state index contributed by atoms with van der Waals surface area (Å²) in [4.78, 5) is 16.1. The number of para-hydroxylation sites is 1. The van der Waals surface area contributed by atoms with Gasteiger partial charge in [-0.3, -0.25) is 4.79 Å². The Morgan fingerprint density at radius 1 is 1.30 bits per heavy atom. The number of hydrogen-bond donors (Lipinski definition) is 1. The van der Waals surface area contributed by atoms with Crippen molar-refractivity contribution in [1.29, 1.82) is 0 Å². The first-order valence-electron chi connectivity index (χ1n) is 6.33. The van der Waals surface area contributed by atoms with Crippen LogP contribution in [-0.2, 0) is 4.79 Å². The summed E-state index contributed by atoms with van der Waals surface area (Å²) in [5.74, 6) is 0.415. The van der Waals surface area contributed by atoms with Gasteiger partial charge in [0.15, 0.2) is 11.3 Å². The summed E-state index contributed by atoms with van der Waals surface area (Å²) in [5.41, 5.74) is 0.481. The molecule has 0 aliphatic carbocycles.